The zero-order valence-corrected chi connectivity index (χ0v) is 43.5. The maximum Gasteiger partial charge on any atom is 0.245 e. The number of carbonyl (C=O) groups is 10. The fourth-order valence-corrected chi connectivity index (χ4v) is 7.87. The summed E-state index contributed by atoms with van der Waals surface area (Å²) in [5.74, 6) is -7.36. The number of carbonyl (C=O) groups excluding carboxylic acids is 10. The van der Waals surface area contributed by atoms with Crippen LogP contribution in [-0.4, -0.2) is 186 Å². The van der Waals surface area contributed by atoms with E-state index >= 15 is 0 Å². The number of nitrogens with two attached hydrogens (primary N) is 2. The van der Waals surface area contributed by atoms with Gasteiger partial charge in [-0.05, 0) is 64.2 Å². The maximum atomic E-state index is 14.2. The van der Waals surface area contributed by atoms with Gasteiger partial charge in [0, 0.05) is 46.4 Å². The van der Waals surface area contributed by atoms with E-state index in [4.69, 9.17) is 11.5 Å². The van der Waals surface area contributed by atoms with Crippen molar-refractivity contribution in [3.05, 3.63) is 0 Å². The topological polar surface area (TPSA) is 349 Å². The molecule has 398 valence electrons. The molecule has 0 saturated carbocycles. The van der Waals surface area contributed by atoms with Crippen LogP contribution in [0.15, 0.2) is 4.99 Å². The van der Waals surface area contributed by atoms with Crippen molar-refractivity contribution >= 4 is 77.7 Å². The van der Waals surface area contributed by atoms with Crippen LogP contribution >= 0.6 is 12.6 Å². The van der Waals surface area contributed by atoms with Gasteiger partial charge in [-0.2, -0.15) is 12.6 Å². The second kappa shape index (κ2) is 31.5. The second-order valence-electron chi connectivity index (χ2n) is 18.1. The zero-order chi connectivity index (χ0) is 53.4. The average molecular weight is 1010 g/mol. The minimum atomic E-state index is -1.63. The first-order valence-electron chi connectivity index (χ1n) is 24.0. The molecule has 1 rings (SSSR count). The van der Waals surface area contributed by atoms with Gasteiger partial charge in [0.15, 0.2) is 5.96 Å². The Balaban J connectivity index is 3.30. The molecule has 24 nitrogen and oxygen atoms in total. The third-order valence-corrected chi connectivity index (χ3v) is 12.2. The molecule has 10 amide bonds. The van der Waals surface area contributed by atoms with E-state index in [-0.39, 0.29) is 61.8 Å². The summed E-state index contributed by atoms with van der Waals surface area (Å²) >= 11 is 4.24. The van der Waals surface area contributed by atoms with Gasteiger partial charge in [-0.3, -0.25) is 52.9 Å². The normalized spacial score (nSPS) is 16.6. The van der Waals surface area contributed by atoms with Crippen LogP contribution in [0.2, 0.25) is 0 Å². The molecule has 25 heteroatoms. The molecule has 0 aromatic heterocycles. The van der Waals surface area contributed by atoms with Crippen LogP contribution in [-0.2, 0) is 47.9 Å². The number of likely N-dealkylation sites (tertiary alicyclic amines) is 1. The lowest BCUT2D eigenvalue weighted by molar-refractivity contribution is -0.142. The van der Waals surface area contributed by atoms with Gasteiger partial charge < -0.3 is 68.5 Å². The summed E-state index contributed by atoms with van der Waals surface area (Å²) in [4.78, 5) is 141. The van der Waals surface area contributed by atoms with Crippen molar-refractivity contribution in [2.45, 2.75) is 155 Å². The van der Waals surface area contributed by atoms with Crippen LogP contribution in [0.25, 0.3) is 0 Å². The molecule has 0 unspecified atom stereocenters. The molecule has 1 fully saturated rings. The first-order chi connectivity index (χ1) is 32.8. The molecular weight excluding hydrogens is 931 g/mol. The van der Waals surface area contributed by atoms with Gasteiger partial charge in [-0.25, -0.2) is 0 Å². The van der Waals surface area contributed by atoms with E-state index in [0.29, 0.717) is 45.2 Å². The average Bonchev–Trinajstić information content (AvgIpc) is 3.79. The van der Waals surface area contributed by atoms with E-state index < -0.39 is 108 Å². The number of rotatable bonds is 30. The largest absolute Gasteiger partial charge is 0.391 e. The first-order valence-corrected chi connectivity index (χ1v) is 24.7. The monoisotopic (exact) mass is 1010 g/mol. The van der Waals surface area contributed by atoms with Crippen molar-refractivity contribution in [3.8, 4) is 0 Å². The minimum Gasteiger partial charge on any atom is -0.391 e. The van der Waals surface area contributed by atoms with E-state index in [2.05, 4.69) is 54.8 Å². The van der Waals surface area contributed by atoms with Gasteiger partial charge in [0.25, 0.3) is 0 Å². The molecule has 1 saturated heterocycles. The molecule has 1 heterocycles. The Bertz CT molecular complexity index is 1830. The van der Waals surface area contributed by atoms with Crippen LogP contribution in [0.4, 0.5) is 0 Å². The summed E-state index contributed by atoms with van der Waals surface area (Å²) in [6, 6.07) is -8.39. The highest BCUT2D eigenvalue weighted by atomic mass is 32.1. The molecule has 1 aliphatic rings. The molecule has 0 radical (unpaired) electrons. The van der Waals surface area contributed by atoms with E-state index in [0.717, 1.165) is 9.80 Å². The van der Waals surface area contributed by atoms with E-state index in [9.17, 15) is 53.1 Å². The Morgan fingerprint density at radius 1 is 0.786 bits per heavy atom. The van der Waals surface area contributed by atoms with E-state index in [1.807, 2.05) is 6.92 Å². The Morgan fingerprint density at radius 3 is 1.91 bits per heavy atom. The number of aliphatic imine (C=N–C) groups is 1. The number of nitrogens with zero attached hydrogens (tertiary/aromatic N) is 4. The first kappa shape index (κ1) is 62.3. The summed E-state index contributed by atoms with van der Waals surface area (Å²) in [5, 5.41) is 29.2. The lowest BCUT2D eigenvalue weighted by Crippen LogP contribution is -2.62. The Kier molecular flexibility index (Phi) is 28.0. The molecule has 70 heavy (non-hydrogen) atoms. The van der Waals surface area contributed by atoms with Crippen molar-refractivity contribution in [1.29, 1.82) is 0 Å². The fourth-order valence-electron chi connectivity index (χ4n) is 7.46. The quantitative estimate of drug-likeness (QED) is 0.0150. The number of aliphatic hydroxyl groups is 1. The Hall–Kier alpha value is -5.72. The number of guanidine groups is 1. The molecule has 0 aromatic carbocycles. The summed E-state index contributed by atoms with van der Waals surface area (Å²) in [5.41, 5.74) is 11.0. The SMILES string of the molecule is CCC[C@H](NC(=O)[C@@H](NC(=O)[C@@H](CC(C)C)NC(=O)[C@H](CS)N(C)C(=O)CNC(=O)CN(C)C(C)=O)[C@@H](C)O)C(=O)N[C@H](C(=O)N[C@@H](CCCN=C(N)N)C(=O)N1CCC[C@H]1C(=O)NCC)[C@@H](C)CC. The molecule has 12 N–H and O–H groups in total. The number of hydrogen-bond donors (Lipinski definition) is 11. The number of hydrogen-bond acceptors (Lipinski definition) is 13. The standard InChI is InChI=1S/C45H81N13O11S/c1-11-16-29(38(63)54-36(26(6)12-2)42(67)52-30(17-14-19-49-45(46)47)44(69)58-20-15-18-32(58)40(65)48-13-3)51-43(68)37(27(7)59)55-39(64)31(21-25(4)5)53-41(66)33(24-70)57(10)35(62)22-50-34(61)23-56(9)28(8)60/h25-27,29-33,36-37,59,70H,11-24H2,1-10H3,(H,48,65)(H,50,61)(H,51,68)(H,52,67)(H,53,66)(H,54,63)(H,55,64)(H4,46,47,49)/t26-,27+,29-,30-,31+,32-,33-,36-,37-/m0/s1. The van der Waals surface area contributed by atoms with Gasteiger partial charge in [0.05, 0.1) is 19.2 Å². The number of likely N-dealkylation sites (N-methyl/N-ethyl adjacent to an activating group) is 3. The third kappa shape index (κ3) is 20.7. The summed E-state index contributed by atoms with van der Waals surface area (Å²) in [6.45, 7) is 13.2. The highest BCUT2D eigenvalue weighted by Crippen LogP contribution is 2.21. The molecule has 0 spiro atoms. The minimum absolute atomic E-state index is 0.0673. The van der Waals surface area contributed by atoms with Crippen molar-refractivity contribution in [2.24, 2.45) is 28.3 Å². The molecule has 0 aliphatic carbocycles. The highest BCUT2D eigenvalue weighted by Gasteiger charge is 2.40. The van der Waals surface area contributed by atoms with Crippen molar-refractivity contribution in [3.63, 3.8) is 0 Å². The summed E-state index contributed by atoms with van der Waals surface area (Å²) in [6.07, 6.45) is 0.884. The van der Waals surface area contributed by atoms with Crippen LogP contribution in [0, 0.1) is 11.8 Å². The fraction of sp³-hybridized carbons (Fsp3) is 0.756. The maximum absolute atomic E-state index is 14.2. The predicted octanol–water partition coefficient (Wildman–Crippen LogP) is -2.78. The van der Waals surface area contributed by atoms with E-state index in [1.54, 1.807) is 34.6 Å². The number of amides is 10. The van der Waals surface area contributed by atoms with Gasteiger partial charge >= 0.3 is 0 Å². The van der Waals surface area contributed by atoms with Crippen molar-refractivity contribution in [1.82, 2.24) is 51.9 Å². The van der Waals surface area contributed by atoms with Crippen LogP contribution in [0.5, 0.6) is 0 Å². The lowest BCUT2D eigenvalue weighted by atomic mass is 9.96. The smallest absolute Gasteiger partial charge is 0.245 e. The van der Waals surface area contributed by atoms with Gasteiger partial charge in [-0.1, -0.05) is 47.5 Å². The Labute approximate surface area is 417 Å². The summed E-state index contributed by atoms with van der Waals surface area (Å²) < 4.78 is 0. The second-order valence-corrected chi connectivity index (χ2v) is 18.5. The number of nitrogens with one attached hydrogen (secondary N) is 7. The van der Waals surface area contributed by atoms with Crippen molar-refractivity contribution in [2.75, 3.05) is 52.6 Å². The number of aliphatic hydroxyl groups excluding tert-OH is 1. The predicted molar refractivity (Wildman–Crippen MR) is 265 cm³/mol. The van der Waals surface area contributed by atoms with Crippen LogP contribution in [0.3, 0.4) is 0 Å². The highest BCUT2D eigenvalue weighted by molar-refractivity contribution is 7.80. The molecule has 9 atom stereocenters. The van der Waals surface area contributed by atoms with Gasteiger partial charge in [0.2, 0.25) is 59.1 Å². The van der Waals surface area contributed by atoms with Crippen LogP contribution in [0.1, 0.15) is 107 Å². The zero-order valence-electron chi connectivity index (χ0n) is 42.6. The van der Waals surface area contributed by atoms with Crippen molar-refractivity contribution < 1.29 is 53.1 Å². The van der Waals surface area contributed by atoms with E-state index in [1.165, 1.54) is 32.8 Å². The molecule has 0 aromatic rings. The molecule has 0 bridgehead atoms. The van der Waals surface area contributed by atoms with Crippen LogP contribution < -0.4 is 48.7 Å². The van der Waals surface area contributed by atoms with Gasteiger partial charge in [-0.15, -0.1) is 0 Å². The molecular formula is C45H81N13O11S. The summed E-state index contributed by atoms with van der Waals surface area (Å²) in [7, 11) is 2.74. The number of thiol groups is 1. The molecule has 1 aliphatic heterocycles. The Morgan fingerprint density at radius 2 is 1.37 bits per heavy atom. The van der Waals surface area contributed by atoms with Gasteiger partial charge in [0.1, 0.15) is 42.3 Å². The lowest BCUT2D eigenvalue weighted by Gasteiger charge is -2.32. The third-order valence-electron chi connectivity index (χ3n) is 11.8.